The summed E-state index contributed by atoms with van der Waals surface area (Å²) in [7, 11) is 0. The Labute approximate surface area is 78.1 Å². The fourth-order valence-electron chi connectivity index (χ4n) is 1.92. The molecule has 1 nitrogen and oxygen atoms in total. The van der Waals surface area contributed by atoms with Gasteiger partial charge >= 0.3 is 0 Å². The minimum absolute atomic E-state index is 0.188. The fraction of sp³-hybridized carbons (Fsp3) is 0.250. The Hall–Kier alpha value is -1.37. The molecule has 0 saturated heterocycles. The largest absolute Gasteiger partial charge is 0.289 e. The van der Waals surface area contributed by atoms with Crippen LogP contribution in [0.1, 0.15) is 34.0 Å². The third-order valence-corrected chi connectivity index (χ3v) is 2.47. The molecular weight excluding hydrogens is 160 g/mol. The van der Waals surface area contributed by atoms with Crippen LogP contribution in [0.25, 0.3) is 6.08 Å². The predicted molar refractivity (Wildman–Crippen MR) is 53.9 cm³/mol. The quantitative estimate of drug-likeness (QED) is 0.588. The van der Waals surface area contributed by atoms with Crippen molar-refractivity contribution in [1.29, 1.82) is 0 Å². The summed E-state index contributed by atoms with van der Waals surface area (Å²) in [5, 5.41) is 0. The van der Waals surface area contributed by atoms with Gasteiger partial charge in [0.2, 0.25) is 0 Å². The highest BCUT2D eigenvalue weighted by Gasteiger charge is 2.21. The van der Waals surface area contributed by atoms with Crippen LogP contribution in [0.2, 0.25) is 0 Å². The maximum absolute atomic E-state index is 11.7. The van der Waals surface area contributed by atoms with Gasteiger partial charge in [0.25, 0.3) is 0 Å². The lowest BCUT2D eigenvalue weighted by Gasteiger charge is -2.03. The van der Waals surface area contributed by atoms with Gasteiger partial charge in [0.05, 0.1) is 0 Å². The molecule has 66 valence electrons. The minimum atomic E-state index is 0.188. The van der Waals surface area contributed by atoms with Crippen molar-refractivity contribution in [1.82, 2.24) is 0 Å². The van der Waals surface area contributed by atoms with Gasteiger partial charge in [0, 0.05) is 5.56 Å². The summed E-state index contributed by atoms with van der Waals surface area (Å²) in [6.07, 6.45) is 1.97. The number of rotatable bonds is 0. The summed E-state index contributed by atoms with van der Waals surface area (Å²) in [6.45, 7) is 5.92. The third-order valence-electron chi connectivity index (χ3n) is 2.47. The molecule has 0 unspecified atom stereocenters. The van der Waals surface area contributed by atoms with E-state index in [1.807, 2.05) is 19.9 Å². The number of allylic oxidation sites excluding steroid dienone is 1. The van der Waals surface area contributed by atoms with Crippen molar-refractivity contribution in [2.24, 2.45) is 0 Å². The molecule has 0 atom stereocenters. The van der Waals surface area contributed by atoms with Crippen LogP contribution in [-0.4, -0.2) is 5.78 Å². The van der Waals surface area contributed by atoms with Gasteiger partial charge in [0.15, 0.2) is 5.78 Å². The van der Waals surface area contributed by atoms with Gasteiger partial charge in [-0.2, -0.15) is 0 Å². The molecule has 1 aromatic rings. The van der Waals surface area contributed by atoms with Crippen LogP contribution in [0.15, 0.2) is 17.7 Å². The number of carbonyl (C=O) groups excluding carboxylic acids is 1. The van der Waals surface area contributed by atoms with Crippen molar-refractivity contribution in [3.8, 4) is 0 Å². The Morgan fingerprint density at radius 2 is 1.77 bits per heavy atom. The molecule has 0 fully saturated rings. The fourth-order valence-corrected chi connectivity index (χ4v) is 1.92. The van der Waals surface area contributed by atoms with E-state index < -0.39 is 0 Å². The molecule has 0 saturated carbocycles. The van der Waals surface area contributed by atoms with E-state index in [4.69, 9.17) is 0 Å². The number of hydrogen-bond donors (Lipinski definition) is 0. The van der Waals surface area contributed by atoms with E-state index in [2.05, 4.69) is 19.1 Å². The molecule has 1 aromatic carbocycles. The second-order valence-electron chi connectivity index (χ2n) is 3.70. The molecule has 0 amide bonds. The average molecular weight is 172 g/mol. The number of fused-ring (bicyclic) bond motifs is 1. The molecule has 0 heterocycles. The Morgan fingerprint density at radius 3 is 2.46 bits per heavy atom. The standard InChI is InChI=1S/C12H12O/c1-7-4-8(2)11-10(5-7)6-9(3)12(11)13/h4-6H,1-3H3. The average Bonchev–Trinajstić information content (AvgIpc) is 2.27. The maximum atomic E-state index is 11.7. The highest BCUT2D eigenvalue weighted by atomic mass is 16.1. The Kier molecular flexibility index (Phi) is 1.62. The molecule has 0 radical (unpaired) electrons. The normalized spacial score (nSPS) is 14.4. The summed E-state index contributed by atoms with van der Waals surface area (Å²) in [4.78, 5) is 11.7. The van der Waals surface area contributed by atoms with Gasteiger partial charge in [-0.25, -0.2) is 0 Å². The van der Waals surface area contributed by atoms with E-state index >= 15 is 0 Å². The number of aryl methyl sites for hydroxylation is 2. The van der Waals surface area contributed by atoms with E-state index in [9.17, 15) is 4.79 Å². The smallest absolute Gasteiger partial charge is 0.189 e. The van der Waals surface area contributed by atoms with Crippen molar-refractivity contribution in [3.05, 3.63) is 40.0 Å². The van der Waals surface area contributed by atoms with Crippen molar-refractivity contribution >= 4 is 11.9 Å². The SMILES string of the molecule is CC1=Cc2cc(C)cc(C)c2C1=O. The first-order valence-corrected chi connectivity index (χ1v) is 4.44. The zero-order chi connectivity index (χ0) is 9.59. The molecule has 1 aliphatic carbocycles. The molecule has 13 heavy (non-hydrogen) atoms. The van der Waals surface area contributed by atoms with E-state index in [1.165, 1.54) is 5.56 Å². The Morgan fingerprint density at radius 1 is 1.08 bits per heavy atom. The Bertz CT molecular complexity index is 425. The van der Waals surface area contributed by atoms with E-state index in [0.29, 0.717) is 0 Å². The highest BCUT2D eigenvalue weighted by molar-refractivity contribution is 6.18. The second kappa shape index (κ2) is 2.56. The number of ketones is 1. The van der Waals surface area contributed by atoms with Crippen molar-refractivity contribution < 1.29 is 4.79 Å². The summed E-state index contributed by atoms with van der Waals surface area (Å²) in [6, 6.07) is 4.12. The third kappa shape index (κ3) is 1.12. The van der Waals surface area contributed by atoms with Crippen LogP contribution in [0, 0.1) is 13.8 Å². The molecule has 0 aliphatic heterocycles. The van der Waals surface area contributed by atoms with Gasteiger partial charge in [0.1, 0.15) is 0 Å². The molecule has 1 aliphatic rings. The van der Waals surface area contributed by atoms with Crippen molar-refractivity contribution in [2.45, 2.75) is 20.8 Å². The van der Waals surface area contributed by atoms with Crippen LogP contribution in [0.4, 0.5) is 0 Å². The zero-order valence-electron chi connectivity index (χ0n) is 8.14. The van der Waals surface area contributed by atoms with Gasteiger partial charge in [-0.3, -0.25) is 4.79 Å². The van der Waals surface area contributed by atoms with E-state index in [-0.39, 0.29) is 5.78 Å². The molecule has 0 bridgehead atoms. The lowest BCUT2D eigenvalue weighted by Crippen LogP contribution is -1.99. The lowest BCUT2D eigenvalue weighted by atomic mass is 10.00. The highest BCUT2D eigenvalue weighted by Crippen LogP contribution is 2.28. The van der Waals surface area contributed by atoms with Gasteiger partial charge < -0.3 is 0 Å². The molecule has 1 heteroatoms. The second-order valence-corrected chi connectivity index (χ2v) is 3.70. The lowest BCUT2D eigenvalue weighted by molar-refractivity contribution is 0.103. The van der Waals surface area contributed by atoms with E-state index in [0.717, 1.165) is 22.3 Å². The van der Waals surface area contributed by atoms with Crippen LogP contribution >= 0.6 is 0 Å². The van der Waals surface area contributed by atoms with Crippen molar-refractivity contribution in [2.75, 3.05) is 0 Å². The van der Waals surface area contributed by atoms with Gasteiger partial charge in [-0.15, -0.1) is 0 Å². The number of benzene rings is 1. The van der Waals surface area contributed by atoms with Crippen LogP contribution < -0.4 is 0 Å². The topological polar surface area (TPSA) is 17.1 Å². The predicted octanol–water partition coefficient (Wildman–Crippen LogP) is 2.90. The first-order chi connectivity index (χ1) is 6.09. The first-order valence-electron chi connectivity index (χ1n) is 4.44. The molecule has 0 N–H and O–H groups in total. The summed E-state index contributed by atoms with van der Waals surface area (Å²) in [5.74, 6) is 0.188. The molecule has 0 spiro atoms. The summed E-state index contributed by atoms with van der Waals surface area (Å²) >= 11 is 0. The first kappa shape index (κ1) is 8.24. The number of carbonyl (C=O) groups is 1. The minimum Gasteiger partial charge on any atom is -0.289 e. The molecule has 2 rings (SSSR count). The maximum Gasteiger partial charge on any atom is 0.189 e. The van der Waals surface area contributed by atoms with Crippen molar-refractivity contribution in [3.63, 3.8) is 0 Å². The monoisotopic (exact) mass is 172 g/mol. The van der Waals surface area contributed by atoms with Crippen LogP contribution in [0.5, 0.6) is 0 Å². The van der Waals surface area contributed by atoms with E-state index in [1.54, 1.807) is 0 Å². The Balaban J connectivity index is 2.73. The van der Waals surface area contributed by atoms with Gasteiger partial charge in [-0.1, -0.05) is 17.7 Å². The van der Waals surface area contributed by atoms with Crippen LogP contribution in [-0.2, 0) is 0 Å². The molecule has 0 aromatic heterocycles. The van der Waals surface area contributed by atoms with Crippen LogP contribution in [0.3, 0.4) is 0 Å². The number of hydrogen-bond acceptors (Lipinski definition) is 1. The zero-order valence-corrected chi connectivity index (χ0v) is 8.14. The molecular formula is C12H12O. The number of Topliss-reactive ketones (excluding diaryl/α,β-unsaturated/α-hetero) is 1. The summed E-state index contributed by atoms with van der Waals surface area (Å²) < 4.78 is 0. The summed E-state index contributed by atoms with van der Waals surface area (Å²) in [5.41, 5.74) is 5.13. The van der Waals surface area contributed by atoms with Gasteiger partial charge in [-0.05, 0) is 43.5 Å².